The van der Waals surface area contributed by atoms with E-state index in [0.717, 1.165) is 58.0 Å². The van der Waals surface area contributed by atoms with Gasteiger partial charge < -0.3 is 4.90 Å². The van der Waals surface area contributed by atoms with E-state index in [0.29, 0.717) is 24.4 Å². The molecule has 2 heterocycles. The Labute approximate surface area is 265 Å². The van der Waals surface area contributed by atoms with Gasteiger partial charge in [0.15, 0.2) is 5.82 Å². The first-order chi connectivity index (χ1) is 17.4. The Balaban J connectivity index is 0.00000380. The van der Waals surface area contributed by atoms with Crippen LogP contribution in [0, 0.1) is 6.92 Å². The van der Waals surface area contributed by atoms with Gasteiger partial charge in [-0.2, -0.15) is 0 Å². The van der Waals surface area contributed by atoms with Crippen LogP contribution in [0.15, 0.2) is 53.3 Å². The number of H-pyrrole nitrogens is 1. The summed E-state index contributed by atoms with van der Waals surface area (Å²) >= 11 is 5.49. The van der Waals surface area contributed by atoms with Crippen molar-refractivity contribution in [3.05, 3.63) is 81.5 Å². The summed E-state index contributed by atoms with van der Waals surface area (Å²) in [5, 5.41) is 14.3. The van der Waals surface area contributed by atoms with Gasteiger partial charge in [0.05, 0.1) is 11.5 Å². The summed E-state index contributed by atoms with van der Waals surface area (Å²) in [5.74, 6) is 1.45. The summed E-state index contributed by atoms with van der Waals surface area (Å²) in [4.78, 5) is 21.1. The number of aromatic amines is 1. The molecular formula is C27H32KN7OS. The van der Waals surface area contributed by atoms with Gasteiger partial charge in [0.2, 0.25) is 0 Å². The summed E-state index contributed by atoms with van der Waals surface area (Å²) in [6.07, 6.45) is 3.20. The van der Waals surface area contributed by atoms with Crippen LogP contribution in [0.4, 0.5) is 0 Å². The summed E-state index contributed by atoms with van der Waals surface area (Å²) in [5.41, 5.74) is 5.45. The molecule has 37 heavy (non-hydrogen) atoms. The predicted octanol–water partition coefficient (Wildman–Crippen LogP) is 3.57. The molecule has 4 aromatic rings. The third kappa shape index (κ3) is 7.07. The minimum absolute atomic E-state index is 0. The molecule has 0 saturated heterocycles. The zero-order valence-corrected chi connectivity index (χ0v) is 22.0. The molecule has 0 aliphatic rings. The van der Waals surface area contributed by atoms with E-state index in [1.165, 1.54) is 0 Å². The molecule has 0 atom stereocenters. The third-order valence-electron chi connectivity index (χ3n) is 6.26. The quantitative estimate of drug-likeness (QED) is 0.256. The fraction of sp³-hybridized carbons (Fsp3) is 0.333. The fourth-order valence-corrected chi connectivity index (χ4v) is 4.29. The van der Waals surface area contributed by atoms with E-state index in [2.05, 4.69) is 51.8 Å². The summed E-state index contributed by atoms with van der Waals surface area (Å²) in [6.45, 7) is 4.51. The van der Waals surface area contributed by atoms with Crippen molar-refractivity contribution in [2.75, 3.05) is 14.1 Å². The van der Waals surface area contributed by atoms with Crippen LogP contribution in [-0.2, 0) is 19.4 Å². The van der Waals surface area contributed by atoms with Crippen LogP contribution in [0.2, 0.25) is 0 Å². The second kappa shape index (κ2) is 13.6. The van der Waals surface area contributed by atoms with Gasteiger partial charge in [-0.3, -0.25) is 9.36 Å². The van der Waals surface area contributed by atoms with E-state index >= 15 is 0 Å². The molecule has 1 N–H and O–H groups in total. The van der Waals surface area contributed by atoms with Crippen molar-refractivity contribution in [2.24, 2.45) is 0 Å². The fourth-order valence-electron chi connectivity index (χ4n) is 4.14. The monoisotopic (exact) mass is 541 g/mol. The van der Waals surface area contributed by atoms with Gasteiger partial charge in [-0.25, -0.2) is 10.1 Å². The Bertz CT molecular complexity index is 1400. The molecule has 188 valence electrons. The molecule has 10 heteroatoms. The van der Waals surface area contributed by atoms with Crippen LogP contribution in [0.25, 0.3) is 22.5 Å². The second-order valence-electron chi connectivity index (χ2n) is 9.04. The molecule has 2 aromatic carbocycles. The van der Waals surface area contributed by atoms with Crippen molar-refractivity contribution >= 4 is 68.6 Å². The van der Waals surface area contributed by atoms with Gasteiger partial charge in [-0.15, -0.1) is 5.10 Å². The van der Waals surface area contributed by atoms with Gasteiger partial charge in [0, 0.05) is 43.8 Å². The SMILES string of the molecule is CCCCc1nc(C)c(CC(=S)N(C)C)c(=O)n1Cc1ccc(-c2ccccc2-c2nnn[nH]2)cc1.[KH]. The number of likely N-dealkylation sites (N-methyl/N-ethyl adjacent to an activating group) is 1. The molecule has 0 saturated carbocycles. The van der Waals surface area contributed by atoms with Crippen LogP contribution in [0.5, 0.6) is 0 Å². The number of aromatic nitrogens is 6. The number of nitrogens with one attached hydrogen (secondary N) is 1. The van der Waals surface area contributed by atoms with Gasteiger partial charge in [0.1, 0.15) is 5.82 Å². The first kappa shape index (κ1) is 29.5. The number of rotatable bonds is 9. The summed E-state index contributed by atoms with van der Waals surface area (Å²) < 4.78 is 1.82. The van der Waals surface area contributed by atoms with Gasteiger partial charge in [0.25, 0.3) is 5.56 Å². The van der Waals surface area contributed by atoms with E-state index < -0.39 is 0 Å². The predicted molar refractivity (Wildman–Crippen MR) is 153 cm³/mol. The zero-order valence-electron chi connectivity index (χ0n) is 21.2. The molecule has 8 nitrogen and oxygen atoms in total. The molecule has 0 fully saturated rings. The summed E-state index contributed by atoms with van der Waals surface area (Å²) in [7, 11) is 3.80. The van der Waals surface area contributed by atoms with Crippen molar-refractivity contribution in [1.82, 2.24) is 35.1 Å². The van der Waals surface area contributed by atoms with E-state index in [1.54, 1.807) is 0 Å². The molecular weight excluding hydrogens is 510 g/mol. The van der Waals surface area contributed by atoms with E-state index in [9.17, 15) is 4.79 Å². The standard InChI is InChI=1S/C27H31N7OS.K.H/c1-5-6-11-24-28-18(2)23(16-25(36)33(3)4)27(35)34(24)17-19-12-14-20(15-13-19)21-9-7-8-10-22(21)26-29-31-32-30-26;;/h7-10,12-15H,5-6,11,16-17H2,1-4H3,(H,29,30,31,32);;. The zero-order chi connectivity index (χ0) is 25.7. The van der Waals surface area contributed by atoms with E-state index in [-0.39, 0.29) is 56.9 Å². The van der Waals surface area contributed by atoms with Crippen molar-refractivity contribution < 1.29 is 0 Å². The number of tetrazole rings is 1. The van der Waals surface area contributed by atoms with Crippen LogP contribution in [0.1, 0.15) is 42.4 Å². The topological polar surface area (TPSA) is 92.6 Å². The van der Waals surface area contributed by atoms with Crippen LogP contribution >= 0.6 is 12.2 Å². The van der Waals surface area contributed by atoms with Crippen molar-refractivity contribution in [2.45, 2.75) is 46.1 Å². The van der Waals surface area contributed by atoms with E-state index in [1.807, 2.05) is 54.8 Å². The van der Waals surface area contributed by atoms with Crippen LogP contribution in [0.3, 0.4) is 0 Å². The molecule has 0 aliphatic carbocycles. The van der Waals surface area contributed by atoms with Gasteiger partial charge in [-0.1, -0.05) is 74.1 Å². The third-order valence-corrected chi connectivity index (χ3v) is 6.77. The van der Waals surface area contributed by atoms with Crippen molar-refractivity contribution in [3.8, 4) is 22.5 Å². The molecule has 0 radical (unpaired) electrons. The number of thiocarbonyl (C=S) groups is 1. The summed E-state index contributed by atoms with van der Waals surface area (Å²) in [6, 6.07) is 16.2. The average Bonchev–Trinajstić information content (AvgIpc) is 3.42. The van der Waals surface area contributed by atoms with Crippen molar-refractivity contribution in [1.29, 1.82) is 0 Å². The van der Waals surface area contributed by atoms with Crippen molar-refractivity contribution in [3.63, 3.8) is 0 Å². The normalized spacial score (nSPS) is 10.7. The van der Waals surface area contributed by atoms with Crippen LogP contribution in [-0.4, -0.2) is 106 Å². The number of benzene rings is 2. The number of hydrogen-bond donors (Lipinski definition) is 1. The van der Waals surface area contributed by atoms with Gasteiger partial charge in [-0.05, 0) is 40.5 Å². The molecule has 0 spiro atoms. The van der Waals surface area contributed by atoms with Crippen LogP contribution < -0.4 is 5.56 Å². The average molecular weight is 542 g/mol. The van der Waals surface area contributed by atoms with Gasteiger partial charge >= 0.3 is 51.4 Å². The Morgan fingerprint density at radius 2 is 1.78 bits per heavy atom. The molecule has 4 rings (SSSR count). The van der Waals surface area contributed by atoms with E-state index in [4.69, 9.17) is 17.2 Å². The number of unbranched alkanes of at least 4 members (excludes halogenated alkanes) is 1. The number of hydrogen-bond acceptors (Lipinski definition) is 6. The molecule has 0 amide bonds. The minimum atomic E-state index is -0.00922. The number of aryl methyl sites for hydroxylation is 2. The first-order valence-electron chi connectivity index (χ1n) is 12.1. The first-order valence-corrected chi connectivity index (χ1v) is 12.5. The Morgan fingerprint density at radius 3 is 2.41 bits per heavy atom. The Kier molecular flexibility index (Phi) is 10.9. The maximum atomic E-state index is 13.6. The molecule has 0 bridgehead atoms. The Morgan fingerprint density at radius 1 is 1.08 bits per heavy atom. The Hall–Kier alpha value is -2.08. The second-order valence-corrected chi connectivity index (χ2v) is 9.52. The maximum absolute atomic E-state index is 13.6. The molecule has 0 aliphatic heterocycles. The number of nitrogens with zero attached hydrogens (tertiary/aromatic N) is 6. The molecule has 2 aromatic heterocycles. The molecule has 0 unspecified atom stereocenters.